The van der Waals surface area contributed by atoms with Crippen LogP contribution in [0, 0.1) is 13.8 Å². The van der Waals surface area contributed by atoms with E-state index in [4.69, 9.17) is 5.11 Å². The number of hydrogen-bond acceptors (Lipinski definition) is 4. The molecular formula is C12H14N4O3. The van der Waals surface area contributed by atoms with Gasteiger partial charge in [-0.1, -0.05) is 0 Å². The lowest BCUT2D eigenvalue weighted by Gasteiger charge is -2.16. The predicted molar refractivity (Wildman–Crippen MR) is 67.5 cm³/mol. The van der Waals surface area contributed by atoms with E-state index in [1.807, 2.05) is 0 Å². The molecule has 0 aliphatic rings. The zero-order chi connectivity index (χ0) is 14.2. The molecule has 2 aromatic heterocycles. The van der Waals surface area contributed by atoms with E-state index in [9.17, 15) is 9.59 Å². The van der Waals surface area contributed by atoms with Crippen molar-refractivity contribution >= 4 is 5.97 Å². The molecular weight excluding hydrogens is 248 g/mol. The maximum Gasteiger partial charge on any atom is 0.352 e. The third-order valence-corrected chi connectivity index (χ3v) is 3.12. The first-order valence-corrected chi connectivity index (χ1v) is 5.75. The molecule has 0 bridgehead atoms. The molecule has 0 aliphatic heterocycles. The molecule has 7 heteroatoms. The van der Waals surface area contributed by atoms with Gasteiger partial charge in [-0.05, 0) is 20.8 Å². The number of carboxylic acid groups (broad SMARTS) is 1. The van der Waals surface area contributed by atoms with Crippen molar-refractivity contribution in [2.24, 2.45) is 0 Å². The summed E-state index contributed by atoms with van der Waals surface area (Å²) in [5.41, 5.74) is 1.64. The summed E-state index contributed by atoms with van der Waals surface area (Å²) in [6.07, 6.45) is 3.04. The van der Waals surface area contributed by atoms with E-state index in [-0.39, 0.29) is 0 Å². The number of aliphatic carboxylic acids is 1. The normalized spacial score (nSPS) is 12.4. The molecule has 0 spiro atoms. The minimum Gasteiger partial charge on any atom is -0.481 e. The number of nitrogens with zero attached hydrogens (tertiary/aromatic N) is 3. The first kappa shape index (κ1) is 13.0. The molecule has 0 fully saturated rings. The molecule has 0 amide bonds. The van der Waals surface area contributed by atoms with Gasteiger partial charge in [0.15, 0.2) is 0 Å². The number of aromatic nitrogens is 4. The van der Waals surface area contributed by atoms with Crippen LogP contribution in [0.3, 0.4) is 0 Å². The van der Waals surface area contributed by atoms with Gasteiger partial charge in [-0.3, -0.25) is 14.5 Å². The summed E-state index contributed by atoms with van der Waals surface area (Å²) in [6.45, 7) is 4.92. The van der Waals surface area contributed by atoms with Gasteiger partial charge in [0.05, 0.1) is 17.8 Å². The number of rotatable bonds is 3. The molecule has 1 unspecified atom stereocenters. The summed E-state index contributed by atoms with van der Waals surface area (Å²) < 4.78 is 1.35. The van der Waals surface area contributed by atoms with Crippen LogP contribution >= 0.6 is 0 Å². The van der Waals surface area contributed by atoms with Gasteiger partial charge in [-0.25, -0.2) is 4.79 Å². The van der Waals surface area contributed by atoms with Crippen molar-refractivity contribution in [3.8, 4) is 5.69 Å². The number of nitrogens with one attached hydrogen (secondary N) is 1. The minimum absolute atomic E-state index is 0.442. The van der Waals surface area contributed by atoms with Crippen LogP contribution in [0.2, 0.25) is 0 Å². The smallest absolute Gasteiger partial charge is 0.352 e. The number of hydrogen-bond donors (Lipinski definition) is 2. The molecule has 7 nitrogen and oxygen atoms in total. The second kappa shape index (κ2) is 4.68. The van der Waals surface area contributed by atoms with Crippen molar-refractivity contribution in [2.75, 3.05) is 0 Å². The Morgan fingerprint density at radius 2 is 2.16 bits per heavy atom. The monoisotopic (exact) mass is 262 g/mol. The molecule has 2 N–H and O–H groups in total. The summed E-state index contributed by atoms with van der Waals surface area (Å²) in [7, 11) is 0. The third-order valence-electron chi connectivity index (χ3n) is 3.12. The average molecular weight is 262 g/mol. The summed E-state index contributed by atoms with van der Waals surface area (Å²) in [4.78, 5) is 27.0. The topological polar surface area (TPSA) is 101 Å². The number of aryl methyl sites for hydroxylation is 1. The maximum atomic E-state index is 12.0. The zero-order valence-corrected chi connectivity index (χ0v) is 10.8. The van der Waals surface area contributed by atoms with Gasteiger partial charge in [0.2, 0.25) is 0 Å². The predicted octanol–water partition coefficient (Wildman–Crippen LogP) is 0.761. The van der Waals surface area contributed by atoms with Crippen LogP contribution in [0.15, 0.2) is 17.2 Å². The Balaban J connectivity index is 2.74. The highest BCUT2D eigenvalue weighted by Gasteiger charge is 2.22. The number of aromatic amines is 1. The van der Waals surface area contributed by atoms with Gasteiger partial charge in [-0.15, -0.1) is 0 Å². The average Bonchev–Trinajstić information content (AvgIpc) is 2.81. The molecule has 0 saturated heterocycles. The van der Waals surface area contributed by atoms with Crippen molar-refractivity contribution in [1.82, 2.24) is 19.7 Å². The Kier molecular flexibility index (Phi) is 3.20. The Morgan fingerprint density at radius 3 is 2.68 bits per heavy atom. The molecule has 0 aliphatic carbocycles. The molecule has 1 atom stereocenters. The molecule has 2 rings (SSSR count). The van der Waals surface area contributed by atoms with Crippen molar-refractivity contribution < 1.29 is 9.90 Å². The van der Waals surface area contributed by atoms with E-state index in [1.165, 1.54) is 10.8 Å². The first-order valence-electron chi connectivity index (χ1n) is 5.75. The summed E-state index contributed by atoms with van der Waals surface area (Å²) in [5.74, 6) is -1.68. The van der Waals surface area contributed by atoms with Crippen LogP contribution in [0.5, 0.6) is 0 Å². The van der Waals surface area contributed by atoms with E-state index >= 15 is 0 Å². The Morgan fingerprint density at radius 1 is 1.47 bits per heavy atom. The van der Waals surface area contributed by atoms with Gasteiger partial charge >= 0.3 is 11.7 Å². The van der Waals surface area contributed by atoms with E-state index in [0.29, 0.717) is 22.6 Å². The lowest BCUT2D eigenvalue weighted by atomic mass is 9.98. The quantitative estimate of drug-likeness (QED) is 0.850. The van der Waals surface area contributed by atoms with E-state index in [0.717, 1.165) is 0 Å². The molecule has 0 saturated carbocycles. The van der Waals surface area contributed by atoms with Crippen LogP contribution < -0.4 is 5.69 Å². The third kappa shape index (κ3) is 2.14. The van der Waals surface area contributed by atoms with Gasteiger partial charge < -0.3 is 5.11 Å². The van der Waals surface area contributed by atoms with Crippen molar-refractivity contribution in [2.45, 2.75) is 26.7 Å². The first-order chi connectivity index (χ1) is 8.93. The van der Waals surface area contributed by atoms with Crippen LogP contribution in [0.4, 0.5) is 0 Å². The van der Waals surface area contributed by atoms with Gasteiger partial charge in [-0.2, -0.15) is 10.1 Å². The zero-order valence-electron chi connectivity index (χ0n) is 10.8. The summed E-state index contributed by atoms with van der Waals surface area (Å²) in [6, 6.07) is 0. The Bertz CT molecular complexity index is 673. The maximum absolute atomic E-state index is 12.0. The molecule has 2 aromatic rings. The summed E-state index contributed by atoms with van der Waals surface area (Å²) in [5, 5.41) is 15.5. The van der Waals surface area contributed by atoms with Gasteiger partial charge in [0, 0.05) is 23.1 Å². The molecule has 100 valence electrons. The van der Waals surface area contributed by atoms with E-state index in [2.05, 4.69) is 15.2 Å². The molecule has 0 radical (unpaired) electrons. The van der Waals surface area contributed by atoms with Crippen LogP contribution in [0.1, 0.15) is 29.8 Å². The molecule has 2 heterocycles. The second-order valence-corrected chi connectivity index (χ2v) is 4.33. The van der Waals surface area contributed by atoms with Gasteiger partial charge in [0.1, 0.15) is 0 Å². The highest BCUT2D eigenvalue weighted by atomic mass is 16.4. The van der Waals surface area contributed by atoms with Crippen molar-refractivity contribution in [3.05, 3.63) is 39.8 Å². The lowest BCUT2D eigenvalue weighted by Crippen LogP contribution is -2.28. The van der Waals surface area contributed by atoms with Crippen molar-refractivity contribution in [3.63, 3.8) is 0 Å². The summed E-state index contributed by atoms with van der Waals surface area (Å²) >= 11 is 0. The van der Waals surface area contributed by atoms with E-state index in [1.54, 1.807) is 27.0 Å². The fraction of sp³-hybridized carbons (Fsp3) is 0.333. The Labute approximate surface area is 108 Å². The number of carboxylic acids is 1. The van der Waals surface area contributed by atoms with Crippen LogP contribution in [-0.2, 0) is 4.79 Å². The van der Waals surface area contributed by atoms with Crippen LogP contribution in [0.25, 0.3) is 5.69 Å². The van der Waals surface area contributed by atoms with E-state index < -0.39 is 17.6 Å². The highest BCUT2D eigenvalue weighted by Crippen LogP contribution is 2.22. The fourth-order valence-electron chi connectivity index (χ4n) is 2.20. The van der Waals surface area contributed by atoms with Gasteiger partial charge in [0.25, 0.3) is 0 Å². The second-order valence-electron chi connectivity index (χ2n) is 4.33. The number of H-pyrrole nitrogens is 1. The minimum atomic E-state index is -0.953. The highest BCUT2D eigenvalue weighted by molar-refractivity contribution is 5.76. The molecule has 0 aromatic carbocycles. The molecule has 19 heavy (non-hydrogen) atoms. The van der Waals surface area contributed by atoms with Crippen LogP contribution in [-0.4, -0.2) is 30.8 Å². The Hall–Kier alpha value is -2.44. The largest absolute Gasteiger partial charge is 0.481 e. The fourth-order valence-corrected chi connectivity index (χ4v) is 2.20. The lowest BCUT2D eigenvalue weighted by molar-refractivity contribution is -0.138. The van der Waals surface area contributed by atoms with Crippen molar-refractivity contribution in [1.29, 1.82) is 0 Å². The SMILES string of the molecule is Cc1nc(=O)n(-c2cn[nH]c2)c(C)c1C(C)C(=O)O. The number of carbonyl (C=O) groups is 1. The standard InChI is InChI=1S/C12H14N4O3/c1-6(11(17)18)10-7(2)15-12(19)16(8(10)3)9-4-13-14-5-9/h4-6H,1-3H3,(H,13,14)(H,17,18).